The summed E-state index contributed by atoms with van der Waals surface area (Å²) in [6.45, 7) is 6.92. The first kappa shape index (κ1) is 23.0. The number of aromatic nitrogens is 4. The van der Waals surface area contributed by atoms with Crippen molar-refractivity contribution < 1.29 is 14.3 Å². The van der Waals surface area contributed by atoms with Gasteiger partial charge in [-0.05, 0) is 49.5 Å². The maximum Gasteiger partial charge on any atom is 0.407 e. The largest absolute Gasteiger partial charge is 0.444 e. The molecule has 1 saturated heterocycles. The molecule has 1 aliphatic heterocycles. The molecule has 4 rings (SSSR count). The number of hydrogen-bond acceptors (Lipinski definition) is 7. The lowest BCUT2D eigenvalue weighted by atomic mass is 10.0. The number of nitrogens with one attached hydrogen (secondary N) is 3. The summed E-state index contributed by atoms with van der Waals surface area (Å²) in [5, 5.41) is 6.66. The number of halogens is 1. The molecule has 1 aliphatic rings. The first-order valence-corrected chi connectivity index (χ1v) is 11.5. The quantitative estimate of drug-likeness (QED) is 0.481. The molecular weight excluding hydrogens is 490 g/mol. The van der Waals surface area contributed by atoms with E-state index >= 15 is 0 Å². The van der Waals surface area contributed by atoms with E-state index in [0.29, 0.717) is 17.9 Å². The summed E-state index contributed by atoms with van der Waals surface area (Å²) in [5.41, 5.74) is 1.79. The Morgan fingerprint density at radius 2 is 2.06 bits per heavy atom. The molecule has 3 aromatic heterocycles. The summed E-state index contributed by atoms with van der Waals surface area (Å²) in [4.78, 5) is 42.7. The summed E-state index contributed by atoms with van der Waals surface area (Å²) >= 11 is 3.63. The molecule has 0 radical (unpaired) electrons. The van der Waals surface area contributed by atoms with E-state index < -0.39 is 11.7 Å². The zero-order valence-electron chi connectivity index (χ0n) is 18.7. The fourth-order valence-corrected chi connectivity index (χ4v) is 4.39. The van der Waals surface area contributed by atoms with Gasteiger partial charge in [-0.2, -0.15) is 0 Å². The molecule has 10 nitrogen and oxygen atoms in total. The number of alkyl carbamates (subject to hydrolysis) is 1. The average molecular weight is 516 g/mol. The van der Waals surface area contributed by atoms with Crippen LogP contribution in [-0.4, -0.2) is 56.7 Å². The van der Waals surface area contributed by atoms with Crippen LogP contribution in [0.15, 0.2) is 35.5 Å². The summed E-state index contributed by atoms with van der Waals surface area (Å²) in [6.07, 6.45) is 9.16. The monoisotopic (exact) mass is 515 g/mol. The second kappa shape index (κ2) is 9.34. The smallest absolute Gasteiger partial charge is 0.407 e. The van der Waals surface area contributed by atoms with Crippen LogP contribution in [0.1, 0.15) is 44.1 Å². The van der Waals surface area contributed by atoms with Gasteiger partial charge in [0.05, 0.1) is 27.4 Å². The molecule has 0 saturated carbocycles. The van der Waals surface area contributed by atoms with Crippen LogP contribution in [0.25, 0.3) is 11.0 Å². The maximum atomic E-state index is 12.7. The number of carbonyl (C=O) groups is 2. The van der Waals surface area contributed by atoms with E-state index in [1.54, 1.807) is 12.4 Å². The second-order valence-corrected chi connectivity index (χ2v) is 9.71. The molecule has 11 heteroatoms. The normalized spacial score (nSPS) is 16.5. The predicted molar refractivity (Wildman–Crippen MR) is 128 cm³/mol. The minimum atomic E-state index is -0.555. The van der Waals surface area contributed by atoms with Crippen LogP contribution in [-0.2, 0) is 4.74 Å². The van der Waals surface area contributed by atoms with Crippen LogP contribution in [0.2, 0.25) is 0 Å². The Morgan fingerprint density at radius 3 is 2.79 bits per heavy atom. The molecule has 0 spiro atoms. The third-order valence-corrected chi connectivity index (χ3v) is 5.71. The Labute approximate surface area is 199 Å². The van der Waals surface area contributed by atoms with Crippen LogP contribution >= 0.6 is 15.9 Å². The van der Waals surface area contributed by atoms with Crippen LogP contribution in [0.4, 0.5) is 16.2 Å². The van der Waals surface area contributed by atoms with Crippen molar-refractivity contribution in [2.75, 3.05) is 23.3 Å². The van der Waals surface area contributed by atoms with E-state index in [2.05, 4.69) is 51.4 Å². The Morgan fingerprint density at radius 1 is 1.24 bits per heavy atom. The molecule has 4 heterocycles. The van der Waals surface area contributed by atoms with E-state index in [1.807, 2.05) is 20.8 Å². The SMILES string of the molecule is CC(C)(C)OC(=O)NC1CCCN(c2c(Br)cnc3[nH]cc(NC(=O)c4cnccn4)c23)C1. The van der Waals surface area contributed by atoms with E-state index in [9.17, 15) is 9.59 Å². The summed E-state index contributed by atoms with van der Waals surface area (Å²) in [7, 11) is 0. The van der Waals surface area contributed by atoms with E-state index in [0.717, 1.165) is 34.9 Å². The lowest BCUT2D eigenvalue weighted by Crippen LogP contribution is -2.49. The van der Waals surface area contributed by atoms with Gasteiger partial charge in [0.25, 0.3) is 5.91 Å². The molecule has 2 amide bonds. The zero-order valence-corrected chi connectivity index (χ0v) is 20.3. The minimum absolute atomic E-state index is 0.0692. The molecular formula is C22H26BrN7O3. The fourth-order valence-electron chi connectivity index (χ4n) is 3.84. The fraction of sp³-hybridized carbons (Fsp3) is 0.409. The molecule has 0 bridgehead atoms. The number of amides is 2. The van der Waals surface area contributed by atoms with Gasteiger partial charge < -0.3 is 25.3 Å². The number of hydrogen-bond donors (Lipinski definition) is 3. The first-order valence-electron chi connectivity index (χ1n) is 10.7. The van der Waals surface area contributed by atoms with E-state index in [1.165, 1.54) is 18.6 Å². The lowest BCUT2D eigenvalue weighted by molar-refractivity contribution is 0.0500. The van der Waals surface area contributed by atoms with Crippen molar-refractivity contribution in [2.45, 2.75) is 45.3 Å². The average Bonchev–Trinajstić information content (AvgIpc) is 3.15. The van der Waals surface area contributed by atoms with Gasteiger partial charge in [0.2, 0.25) is 0 Å². The number of ether oxygens (including phenoxy) is 1. The molecule has 3 aromatic rings. The van der Waals surface area contributed by atoms with Crippen LogP contribution in [0.5, 0.6) is 0 Å². The number of aromatic amines is 1. The van der Waals surface area contributed by atoms with Crippen molar-refractivity contribution in [2.24, 2.45) is 0 Å². The van der Waals surface area contributed by atoms with Crippen LogP contribution in [0.3, 0.4) is 0 Å². The van der Waals surface area contributed by atoms with Crippen molar-refractivity contribution in [3.05, 3.63) is 41.2 Å². The Hall–Kier alpha value is -3.21. The first-order chi connectivity index (χ1) is 15.7. The highest BCUT2D eigenvalue weighted by molar-refractivity contribution is 9.10. The summed E-state index contributed by atoms with van der Waals surface area (Å²) < 4.78 is 6.21. The standard InChI is InChI=1S/C22H26BrN7O3/c1-22(2,3)33-21(32)28-13-5-4-8-30(12-13)18-14(23)9-26-19-17(18)15(11-27-19)29-20(31)16-10-24-6-7-25-16/h6-7,9-11,13H,4-5,8,12H2,1-3H3,(H,26,27)(H,28,32)(H,29,31). The lowest BCUT2D eigenvalue weighted by Gasteiger charge is -2.36. The number of piperidine rings is 1. The number of carbonyl (C=O) groups excluding carboxylic acids is 2. The maximum absolute atomic E-state index is 12.7. The van der Waals surface area contributed by atoms with Crippen molar-refractivity contribution >= 4 is 50.3 Å². The summed E-state index contributed by atoms with van der Waals surface area (Å²) in [6, 6.07) is -0.0692. The molecule has 1 unspecified atom stereocenters. The highest BCUT2D eigenvalue weighted by atomic mass is 79.9. The Balaban J connectivity index is 1.59. The molecule has 174 valence electrons. The van der Waals surface area contributed by atoms with Gasteiger partial charge in [0, 0.05) is 43.9 Å². The van der Waals surface area contributed by atoms with Gasteiger partial charge in [0.15, 0.2) is 0 Å². The highest BCUT2D eigenvalue weighted by Gasteiger charge is 2.27. The number of fused-ring (bicyclic) bond motifs is 1. The summed E-state index contributed by atoms with van der Waals surface area (Å²) in [5.74, 6) is -0.363. The number of rotatable bonds is 4. The van der Waals surface area contributed by atoms with Gasteiger partial charge in [-0.1, -0.05) is 0 Å². The van der Waals surface area contributed by atoms with Crippen molar-refractivity contribution in [1.29, 1.82) is 0 Å². The van der Waals surface area contributed by atoms with Gasteiger partial charge in [-0.3, -0.25) is 9.78 Å². The number of H-pyrrole nitrogens is 1. The zero-order chi connectivity index (χ0) is 23.6. The predicted octanol–water partition coefficient (Wildman–Crippen LogP) is 3.86. The van der Waals surface area contributed by atoms with Gasteiger partial charge >= 0.3 is 6.09 Å². The van der Waals surface area contributed by atoms with Gasteiger partial charge in [-0.25, -0.2) is 14.8 Å². The van der Waals surface area contributed by atoms with E-state index in [4.69, 9.17) is 4.74 Å². The van der Waals surface area contributed by atoms with Crippen LogP contribution < -0.4 is 15.5 Å². The molecule has 3 N–H and O–H groups in total. The second-order valence-electron chi connectivity index (χ2n) is 8.86. The van der Waals surface area contributed by atoms with Crippen molar-refractivity contribution in [3.63, 3.8) is 0 Å². The van der Waals surface area contributed by atoms with Crippen molar-refractivity contribution in [1.82, 2.24) is 25.3 Å². The number of pyridine rings is 1. The van der Waals surface area contributed by atoms with Gasteiger partial charge in [-0.15, -0.1) is 0 Å². The molecule has 1 fully saturated rings. The third-order valence-electron chi connectivity index (χ3n) is 5.13. The van der Waals surface area contributed by atoms with Crippen molar-refractivity contribution in [3.8, 4) is 0 Å². The number of nitrogens with zero attached hydrogens (tertiary/aromatic N) is 4. The molecule has 0 aliphatic carbocycles. The number of anilines is 2. The minimum Gasteiger partial charge on any atom is -0.444 e. The highest BCUT2D eigenvalue weighted by Crippen LogP contribution is 2.39. The third kappa shape index (κ3) is 5.41. The molecule has 1 atom stereocenters. The van der Waals surface area contributed by atoms with E-state index in [-0.39, 0.29) is 17.6 Å². The topological polar surface area (TPSA) is 125 Å². The molecule has 0 aromatic carbocycles. The Bertz CT molecular complexity index is 1160. The Kier molecular flexibility index (Phi) is 6.50. The van der Waals surface area contributed by atoms with Gasteiger partial charge in [0.1, 0.15) is 16.9 Å². The van der Waals surface area contributed by atoms with Crippen LogP contribution in [0, 0.1) is 0 Å². The molecule has 33 heavy (non-hydrogen) atoms.